The van der Waals surface area contributed by atoms with Gasteiger partial charge in [0, 0.05) is 31.7 Å². The molecule has 2 saturated heterocycles. The predicted molar refractivity (Wildman–Crippen MR) is 143 cm³/mol. The molecule has 2 N–H and O–H groups in total. The van der Waals surface area contributed by atoms with Crippen LogP contribution in [-0.2, 0) is 17.8 Å². The number of hydrogen-bond donors (Lipinski definition) is 2. The summed E-state index contributed by atoms with van der Waals surface area (Å²) in [5.74, 6) is 1.20. The number of fused-ring (bicyclic) bond motifs is 1. The number of nitrogens with one attached hydrogen (secondary N) is 2. The Morgan fingerprint density at radius 2 is 1.86 bits per heavy atom. The van der Waals surface area contributed by atoms with Crippen molar-refractivity contribution in [2.45, 2.75) is 50.8 Å². The Labute approximate surface area is 219 Å². The lowest BCUT2D eigenvalue weighted by molar-refractivity contribution is -0.121. The summed E-state index contributed by atoms with van der Waals surface area (Å²) in [6.07, 6.45) is 4.21. The zero-order chi connectivity index (χ0) is 24.9. The van der Waals surface area contributed by atoms with Crippen molar-refractivity contribution in [1.29, 1.82) is 0 Å². The molecule has 190 valence electrons. The van der Waals surface area contributed by atoms with Crippen molar-refractivity contribution in [3.63, 3.8) is 0 Å². The Kier molecular flexibility index (Phi) is 8.04. The van der Waals surface area contributed by atoms with Gasteiger partial charge in [-0.15, -0.1) is 0 Å². The molecular formula is C28H32BrN3O4. The van der Waals surface area contributed by atoms with Crippen LogP contribution in [0.4, 0.5) is 0 Å². The first kappa shape index (κ1) is 25.0. The van der Waals surface area contributed by atoms with Crippen molar-refractivity contribution in [3.8, 4) is 5.75 Å². The first-order chi connectivity index (χ1) is 17.5. The molecule has 0 saturated carbocycles. The van der Waals surface area contributed by atoms with Crippen LogP contribution in [0.15, 0.2) is 62.2 Å². The van der Waals surface area contributed by atoms with Gasteiger partial charge in [-0.1, -0.05) is 18.2 Å². The number of carbonyl (C=O) groups excluding carboxylic acids is 1. The maximum atomic E-state index is 12.6. The molecule has 2 fully saturated rings. The quantitative estimate of drug-likeness (QED) is 0.460. The van der Waals surface area contributed by atoms with Gasteiger partial charge < -0.3 is 19.8 Å². The number of piperidine rings is 2. The fraction of sp³-hybridized carbons (Fsp3) is 0.429. The average Bonchev–Trinajstić information content (AvgIpc) is 2.87. The number of ether oxygens (including phenoxy) is 1. The van der Waals surface area contributed by atoms with E-state index in [2.05, 4.69) is 49.7 Å². The fourth-order valence-corrected chi connectivity index (χ4v) is 5.52. The van der Waals surface area contributed by atoms with Crippen LogP contribution in [0, 0.1) is 0 Å². The van der Waals surface area contributed by atoms with Crippen molar-refractivity contribution >= 4 is 32.8 Å². The first-order valence-corrected chi connectivity index (χ1v) is 13.5. The van der Waals surface area contributed by atoms with E-state index in [1.807, 2.05) is 6.07 Å². The highest BCUT2D eigenvalue weighted by Gasteiger charge is 2.22. The molecule has 3 heterocycles. The second-order valence-electron chi connectivity index (χ2n) is 9.70. The number of halogens is 1. The van der Waals surface area contributed by atoms with E-state index in [-0.39, 0.29) is 29.9 Å². The molecule has 0 unspecified atom stereocenters. The van der Waals surface area contributed by atoms with Gasteiger partial charge >= 0.3 is 0 Å². The molecule has 36 heavy (non-hydrogen) atoms. The van der Waals surface area contributed by atoms with Crippen molar-refractivity contribution in [1.82, 2.24) is 15.5 Å². The van der Waals surface area contributed by atoms with Crippen LogP contribution in [0.5, 0.6) is 5.75 Å². The topological polar surface area (TPSA) is 83.8 Å². The lowest BCUT2D eigenvalue weighted by Gasteiger charge is -2.32. The van der Waals surface area contributed by atoms with Crippen LogP contribution in [0.25, 0.3) is 11.0 Å². The van der Waals surface area contributed by atoms with Crippen LogP contribution in [0.2, 0.25) is 0 Å². The summed E-state index contributed by atoms with van der Waals surface area (Å²) in [6, 6.07) is 15.0. The van der Waals surface area contributed by atoms with Gasteiger partial charge in [-0.3, -0.25) is 14.5 Å². The summed E-state index contributed by atoms with van der Waals surface area (Å²) in [6.45, 7) is 4.73. The number of para-hydroxylation sites is 1. The minimum Gasteiger partial charge on any atom is -0.489 e. The summed E-state index contributed by atoms with van der Waals surface area (Å²) in [5, 5.41) is 7.02. The highest BCUT2D eigenvalue weighted by Crippen LogP contribution is 2.29. The van der Waals surface area contributed by atoms with Gasteiger partial charge in [-0.05, 0) is 84.5 Å². The Bertz CT molecular complexity index is 1260. The van der Waals surface area contributed by atoms with Crippen LogP contribution in [0.3, 0.4) is 0 Å². The van der Waals surface area contributed by atoms with Gasteiger partial charge in [0.2, 0.25) is 5.91 Å². The van der Waals surface area contributed by atoms with Gasteiger partial charge in [0.25, 0.3) is 0 Å². The molecule has 2 aliphatic heterocycles. The summed E-state index contributed by atoms with van der Waals surface area (Å²) >= 11 is 3.69. The molecule has 1 aromatic heterocycles. The van der Waals surface area contributed by atoms with Crippen LogP contribution >= 0.6 is 15.9 Å². The molecule has 8 heteroatoms. The molecule has 0 spiro atoms. The van der Waals surface area contributed by atoms with Crippen molar-refractivity contribution in [2.75, 3.05) is 26.2 Å². The lowest BCUT2D eigenvalue weighted by atomic mass is 10.0. The summed E-state index contributed by atoms with van der Waals surface area (Å²) in [7, 11) is 0. The number of amides is 1. The van der Waals surface area contributed by atoms with Crippen molar-refractivity contribution < 1.29 is 13.9 Å². The molecule has 3 aromatic rings. The van der Waals surface area contributed by atoms with Gasteiger partial charge in [0.15, 0.2) is 5.43 Å². The number of carbonyl (C=O) groups is 1. The van der Waals surface area contributed by atoms with Crippen LogP contribution < -0.4 is 20.8 Å². The highest BCUT2D eigenvalue weighted by molar-refractivity contribution is 9.10. The second kappa shape index (κ2) is 11.6. The van der Waals surface area contributed by atoms with Crippen molar-refractivity contribution in [2.24, 2.45) is 0 Å². The third kappa shape index (κ3) is 6.35. The SMILES string of the molecule is O=C(Cc1cc(=O)c2ccccc2o1)NC1CCN(Cc2ccc(OC3CCNCC3)c(Br)c2)CC1. The van der Waals surface area contributed by atoms with Crippen LogP contribution in [-0.4, -0.2) is 49.1 Å². The maximum absolute atomic E-state index is 12.6. The molecule has 0 atom stereocenters. The van der Waals surface area contributed by atoms with Crippen LogP contribution in [0.1, 0.15) is 37.0 Å². The lowest BCUT2D eigenvalue weighted by Crippen LogP contribution is -2.44. The van der Waals surface area contributed by atoms with Gasteiger partial charge in [-0.25, -0.2) is 0 Å². The molecular weight excluding hydrogens is 522 g/mol. The fourth-order valence-electron chi connectivity index (χ4n) is 5.00. The van der Waals surface area contributed by atoms with Gasteiger partial charge in [-0.2, -0.15) is 0 Å². The summed E-state index contributed by atoms with van der Waals surface area (Å²) < 4.78 is 13.0. The maximum Gasteiger partial charge on any atom is 0.227 e. The van der Waals surface area contributed by atoms with E-state index < -0.39 is 0 Å². The monoisotopic (exact) mass is 553 g/mol. The van der Waals surface area contributed by atoms with E-state index in [1.165, 1.54) is 11.6 Å². The molecule has 2 aromatic carbocycles. The Balaban J connectivity index is 1.09. The van der Waals surface area contributed by atoms with Gasteiger partial charge in [0.05, 0.1) is 16.3 Å². The molecule has 0 aliphatic carbocycles. The number of hydrogen-bond acceptors (Lipinski definition) is 6. The van der Waals surface area contributed by atoms with E-state index in [4.69, 9.17) is 9.15 Å². The molecule has 7 nitrogen and oxygen atoms in total. The zero-order valence-electron chi connectivity index (χ0n) is 20.3. The van der Waals surface area contributed by atoms with E-state index in [0.29, 0.717) is 16.7 Å². The molecule has 2 aliphatic rings. The average molecular weight is 554 g/mol. The second-order valence-corrected chi connectivity index (χ2v) is 10.6. The smallest absolute Gasteiger partial charge is 0.227 e. The molecule has 0 bridgehead atoms. The number of benzene rings is 2. The minimum atomic E-state index is -0.120. The normalized spacial score (nSPS) is 17.8. The number of nitrogens with zero attached hydrogens (tertiary/aromatic N) is 1. The van der Waals surface area contributed by atoms with Gasteiger partial charge in [0.1, 0.15) is 23.2 Å². The third-order valence-electron chi connectivity index (χ3n) is 6.96. The highest BCUT2D eigenvalue weighted by atomic mass is 79.9. The molecule has 1 amide bonds. The zero-order valence-corrected chi connectivity index (χ0v) is 21.9. The largest absolute Gasteiger partial charge is 0.489 e. The van der Waals surface area contributed by atoms with E-state index >= 15 is 0 Å². The molecule has 0 radical (unpaired) electrons. The Morgan fingerprint density at radius 3 is 2.64 bits per heavy atom. The minimum absolute atomic E-state index is 0.0695. The summed E-state index contributed by atoms with van der Waals surface area (Å²) in [5.41, 5.74) is 1.64. The third-order valence-corrected chi connectivity index (χ3v) is 7.58. The Morgan fingerprint density at radius 1 is 1.08 bits per heavy atom. The van der Waals surface area contributed by atoms with E-state index in [1.54, 1.807) is 18.2 Å². The number of rotatable bonds is 7. The summed E-state index contributed by atoms with van der Waals surface area (Å²) in [4.78, 5) is 27.3. The Hall–Kier alpha value is -2.68. The standard InChI is InChI=1S/C28H32BrN3O4/c29-24-15-19(5-6-27(24)35-21-7-11-30-12-8-21)18-32-13-9-20(10-14-32)31-28(34)17-22-16-25(33)23-3-1-2-4-26(23)36-22/h1-6,15-16,20-21,30H,7-14,17-18H2,(H,31,34). The number of likely N-dealkylation sites (tertiary alicyclic amines) is 1. The predicted octanol–water partition coefficient (Wildman–Crippen LogP) is 4.01. The van der Waals surface area contributed by atoms with E-state index in [0.717, 1.165) is 68.6 Å². The van der Waals surface area contributed by atoms with E-state index in [9.17, 15) is 9.59 Å². The first-order valence-electron chi connectivity index (χ1n) is 12.7. The van der Waals surface area contributed by atoms with Crippen molar-refractivity contribution in [3.05, 3.63) is 74.6 Å². The molecule has 5 rings (SSSR count).